The van der Waals surface area contributed by atoms with Crippen molar-refractivity contribution in [2.45, 2.75) is 18.5 Å². The van der Waals surface area contributed by atoms with Gasteiger partial charge in [0.05, 0.1) is 23.5 Å². The van der Waals surface area contributed by atoms with Gasteiger partial charge in [-0.3, -0.25) is 0 Å². The zero-order valence-electron chi connectivity index (χ0n) is 13.4. The van der Waals surface area contributed by atoms with Crippen LogP contribution >= 0.6 is 0 Å². The molecule has 2 unspecified atom stereocenters. The second kappa shape index (κ2) is 5.19. The summed E-state index contributed by atoms with van der Waals surface area (Å²) < 4.78 is 1.53. The molecular weight excluding hydrogens is 316 g/mol. The van der Waals surface area contributed by atoms with Crippen LogP contribution in [0.4, 0.5) is 5.82 Å². The molecule has 6 rings (SSSR count). The molecule has 3 aliphatic rings. The summed E-state index contributed by atoms with van der Waals surface area (Å²) in [6, 6.07) is 8.95. The number of piperazine rings is 1. The number of aromatic nitrogens is 3. The first kappa shape index (κ1) is 14.3. The Hall–Kier alpha value is -3.11. The maximum absolute atomic E-state index is 9.97. The van der Waals surface area contributed by atoms with Crippen molar-refractivity contribution in [2.75, 3.05) is 18.0 Å². The van der Waals surface area contributed by atoms with Crippen molar-refractivity contribution < 1.29 is 5.11 Å². The molecule has 0 amide bonds. The smallest absolute Gasteiger partial charge is 0.134 e. The highest BCUT2D eigenvalue weighted by Crippen LogP contribution is 2.31. The van der Waals surface area contributed by atoms with Gasteiger partial charge in [-0.1, -0.05) is 0 Å². The van der Waals surface area contributed by atoms with Crippen LogP contribution in [-0.4, -0.2) is 44.9 Å². The van der Waals surface area contributed by atoms with Crippen molar-refractivity contribution in [1.82, 2.24) is 19.9 Å². The minimum absolute atomic E-state index is 0.0985. The van der Waals surface area contributed by atoms with E-state index in [9.17, 15) is 10.4 Å². The molecule has 0 saturated carbocycles. The summed E-state index contributed by atoms with van der Waals surface area (Å²) in [5.41, 5.74) is 2.75. The maximum Gasteiger partial charge on any atom is 0.134 e. The van der Waals surface area contributed by atoms with Crippen LogP contribution in [0.2, 0.25) is 0 Å². The van der Waals surface area contributed by atoms with E-state index < -0.39 is 0 Å². The van der Waals surface area contributed by atoms with Crippen LogP contribution in [0.1, 0.15) is 12.0 Å². The van der Waals surface area contributed by atoms with Crippen molar-refractivity contribution in [3.05, 3.63) is 42.4 Å². The highest BCUT2D eigenvalue weighted by atomic mass is 16.3. The van der Waals surface area contributed by atoms with Gasteiger partial charge in [0.1, 0.15) is 17.6 Å². The van der Waals surface area contributed by atoms with Crippen LogP contribution in [0.5, 0.6) is 5.75 Å². The molecule has 124 valence electrons. The van der Waals surface area contributed by atoms with Gasteiger partial charge in [-0.05, 0) is 24.6 Å². The fourth-order valence-electron chi connectivity index (χ4n) is 3.84. The summed E-state index contributed by atoms with van der Waals surface area (Å²) in [6.07, 6.45) is 6.06. The number of nitriles is 1. The molecule has 3 saturated heterocycles. The molecule has 3 aromatic heterocycles. The Kier molecular flexibility index (Phi) is 2.96. The molecule has 7 nitrogen and oxygen atoms in total. The van der Waals surface area contributed by atoms with E-state index in [4.69, 9.17) is 0 Å². The Labute approximate surface area is 144 Å². The lowest BCUT2D eigenvalue weighted by Crippen LogP contribution is -2.67. The highest BCUT2D eigenvalue weighted by molar-refractivity contribution is 5.85. The Balaban J connectivity index is 1.54. The Morgan fingerprint density at radius 3 is 2.72 bits per heavy atom. The monoisotopic (exact) mass is 332 g/mol. The summed E-state index contributed by atoms with van der Waals surface area (Å²) in [5, 5.41) is 26.9. The molecule has 3 aliphatic heterocycles. The quantitative estimate of drug-likeness (QED) is 0.740. The van der Waals surface area contributed by atoms with Crippen molar-refractivity contribution in [2.24, 2.45) is 0 Å². The van der Waals surface area contributed by atoms with Crippen molar-refractivity contribution >= 4 is 11.3 Å². The molecule has 6 heterocycles. The van der Waals surface area contributed by atoms with Crippen molar-refractivity contribution in [3.63, 3.8) is 0 Å². The Morgan fingerprint density at radius 2 is 2.04 bits per heavy atom. The van der Waals surface area contributed by atoms with Crippen molar-refractivity contribution in [1.29, 1.82) is 5.26 Å². The van der Waals surface area contributed by atoms with Gasteiger partial charge in [0.15, 0.2) is 0 Å². The Bertz CT molecular complexity index is 987. The number of anilines is 1. The first-order valence-electron chi connectivity index (χ1n) is 8.29. The number of hydrogen-bond donors (Lipinski definition) is 2. The number of fused-ring (bicyclic) bond motifs is 3. The summed E-state index contributed by atoms with van der Waals surface area (Å²) in [6.45, 7) is 1.97. The van der Waals surface area contributed by atoms with E-state index in [1.165, 1.54) is 23.3 Å². The van der Waals surface area contributed by atoms with Gasteiger partial charge in [0.2, 0.25) is 0 Å². The maximum atomic E-state index is 9.97. The molecular formula is C18H16N6O. The van der Waals surface area contributed by atoms with E-state index in [1.807, 2.05) is 12.1 Å². The van der Waals surface area contributed by atoms with Crippen LogP contribution in [0.25, 0.3) is 16.6 Å². The summed E-state index contributed by atoms with van der Waals surface area (Å²) >= 11 is 0. The van der Waals surface area contributed by atoms with Crippen LogP contribution < -0.4 is 10.2 Å². The third-order valence-corrected chi connectivity index (χ3v) is 5.02. The molecule has 7 heteroatoms. The number of piperidine rings is 1. The number of nitrogens with one attached hydrogen (secondary N) is 1. The van der Waals surface area contributed by atoms with Crippen LogP contribution in [0.3, 0.4) is 0 Å². The third kappa shape index (κ3) is 2.22. The van der Waals surface area contributed by atoms with E-state index in [2.05, 4.69) is 26.4 Å². The third-order valence-electron chi connectivity index (χ3n) is 5.02. The molecule has 0 radical (unpaired) electrons. The molecule has 2 N–H and O–H groups in total. The molecule has 3 aromatic rings. The zero-order valence-corrected chi connectivity index (χ0v) is 13.4. The zero-order chi connectivity index (χ0) is 17.0. The minimum atomic E-state index is 0.0985. The molecule has 0 spiro atoms. The lowest BCUT2D eigenvalue weighted by molar-refractivity contribution is 0.225. The highest BCUT2D eigenvalue weighted by Gasteiger charge is 2.36. The number of pyridine rings is 2. The summed E-state index contributed by atoms with van der Waals surface area (Å²) in [5.74, 6) is 1.06. The van der Waals surface area contributed by atoms with Gasteiger partial charge in [-0.15, -0.1) is 0 Å². The van der Waals surface area contributed by atoms with Gasteiger partial charge in [-0.25, -0.2) is 9.50 Å². The lowest BCUT2D eigenvalue weighted by Gasteiger charge is -2.48. The van der Waals surface area contributed by atoms with E-state index in [-0.39, 0.29) is 5.75 Å². The number of aromatic hydroxyl groups is 1. The van der Waals surface area contributed by atoms with Gasteiger partial charge < -0.3 is 15.3 Å². The fourth-order valence-corrected chi connectivity index (χ4v) is 3.84. The molecule has 2 atom stereocenters. The van der Waals surface area contributed by atoms with E-state index in [0.29, 0.717) is 23.2 Å². The molecule has 0 aliphatic carbocycles. The predicted octanol–water partition coefficient (Wildman–Crippen LogP) is 1.52. The van der Waals surface area contributed by atoms with Crippen LogP contribution in [0.15, 0.2) is 36.8 Å². The van der Waals surface area contributed by atoms with Gasteiger partial charge in [-0.2, -0.15) is 10.4 Å². The first-order chi connectivity index (χ1) is 12.2. The molecule has 25 heavy (non-hydrogen) atoms. The second-order valence-electron chi connectivity index (χ2n) is 6.68. The standard InChI is InChI=1S/C18H16N6O/c19-5-12-7-21-24-10-15(25)4-16(18(12)24)11-1-2-17(20-6-11)23-8-13-3-14(9-23)22-13/h1-2,4,6-7,10,13-14,22,25H,3,8-9H2. The SMILES string of the molecule is N#Cc1cnn2cc(O)cc(-c3ccc(N4CC5CC(C4)N5)nc3)c12. The first-order valence-corrected chi connectivity index (χ1v) is 8.29. The molecule has 2 bridgehead atoms. The second-order valence-corrected chi connectivity index (χ2v) is 6.68. The minimum Gasteiger partial charge on any atom is -0.506 e. The van der Waals surface area contributed by atoms with E-state index in [0.717, 1.165) is 30.0 Å². The number of hydrogen-bond acceptors (Lipinski definition) is 6. The average molecular weight is 332 g/mol. The van der Waals surface area contributed by atoms with Gasteiger partial charge in [0, 0.05) is 42.5 Å². The van der Waals surface area contributed by atoms with E-state index in [1.54, 1.807) is 12.3 Å². The van der Waals surface area contributed by atoms with Crippen molar-refractivity contribution in [3.8, 4) is 22.9 Å². The molecule has 3 fully saturated rings. The van der Waals surface area contributed by atoms with Crippen LogP contribution in [-0.2, 0) is 0 Å². The molecule has 0 aromatic carbocycles. The fraction of sp³-hybridized carbons (Fsp3) is 0.278. The van der Waals surface area contributed by atoms with Gasteiger partial charge in [0.25, 0.3) is 0 Å². The predicted molar refractivity (Wildman–Crippen MR) is 92.3 cm³/mol. The largest absolute Gasteiger partial charge is 0.506 e. The normalized spacial score (nSPS) is 21.8. The van der Waals surface area contributed by atoms with E-state index >= 15 is 0 Å². The lowest BCUT2D eigenvalue weighted by atomic mass is 9.91. The average Bonchev–Trinajstić information content (AvgIpc) is 3.03. The summed E-state index contributed by atoms with van der Waals surface area (Å²) in [4.78, 5) is 6.92. The van der Waals surface area contributed by atoms with Crippen LogP contribution in [0, 0.1) is 11.3 Å². The topological polar surface area (TPSA) is 89.5 Å². The number of nitrogens with zero attached hydrogens (tertiary/aromatic N) is 5. The van der Waals surface area contributed by atoms with Gasteiger partial charge >= 0.3 is 0 Å². The summed E-state index contributed by atoms with van der Waals surface area (Å²) in [7, 11) is 0. The number of rotatable bonds is 2. The Morgan fingerprint density at radius 1 is 1.24 bits per heavy atom.